The zero-order chi connectivity index (χ0) is 11.7. The molecular formula is C12H16O3. The Balaban J connectivity index is 0.000000265. The lowest BCUT2D eigenvalue weighted by atomic mass is 10.1. The predicted octanol–water partition coefficient (Wildman–Crippen LogP) is 2.35. The number of aryl methyl sites for hydroxylation is 2. The Labute approximate surface area is 89.7 Å². The van der Waals surface area contributed by atoms with Crippen LogP contribution in [0.1, 0.15) is 24.0 Å². The summed E-state index contributed by atoms with van der Waals surface area (Å²) in [7, 11) is 0. The first-order valence-corrected chi connectivity index (χ1v) is 4.75. The Bertz CT molecular complexity index is 297. The molecule has 0 radical (unpaired) electrons. The third kappa shape index (κ3) is 7.43. The number of hydrogen-bond donors (Lipinski definition) is 1. The molecule has 0 aliphatic heterocycles. The van der Waals surface area contributed by atoms with Gasteiger partial charge >= 0.3 is 5.97 Å². The number of carbonyl (C=O) groups excluding carboxylic acids is 1. The number of benzene rings is 1. The summed E-state index contributed by atoms with van der Waals surface area (Å²) in [6.45, 7) is 4.24. The van der Waals surface area contributed by atoms with E-state index in [1.54, 1.807) is 0 Å². The van der Waals surface area contributed by atoms with Crippen molar-refractivity contribution in [1.82, 2.24) is 0 Å². The molecule has 0 aliphatic carbocycles. The SMILES string of the molecule is Cc1ccccc1C.O=CCCC(=O)O. The van der Waals surface area contributed by atoms with E-state index in [2.05, 4.69) is 38.1 Å². The van der Waals surface area contributed by atoms with E-state index in [4.69, 9.17) is 5.11 Å². The highest BCUT2D eigenvalue weighted by molar-refractivity contribution is 5.70. The topological polar surface area (TPSA) is 54.4 Å². The minimum absolute atomic E-state index is 0.0521. The maximum absolute atomic E-state index is 9.60. The molecule has 0 fully saturated rings. The zero-order valence-corrected chi connectivity index (χ0v) is 9.06. The Morgan fingerprint density at radius 2 is 1.73 bits per heavy atom. The lowest BCUT2D eigenvalue weighted by molar-refractivity contribution is -0.137. The maximum atomic E-state index is 9.60. The molecular weight excluding hydrogens is 192 g/mol. The third-order valence-electron chi connectivity index (χ3n) is 1.90. The van der Waals surface area contributed by atoms with E-state index >= 15 is 0 Å². The van der Waals surface area contributed by atoms with Crippen molar-refractivity contribution in [3.05, 3.63) is 35.4 Å². The number of rotatable bonds is 3. The molecule has 15 heavy (non-hydrogen) atoms. The van der Waals surface area contributed by atoms with Crippen molar-refractivity contribution in [2.24, 2.45) is 0 Å². The second-order valence-electron chi connectivity index (χ2n) is 3.18. The predicted molar refractivity (Wildman–Crippen MR) is 58.8 cm³/mol. The Kier molecular flexibility index (Phi) is 6.89. The van der Waals surface area contributed by atoms with Gasteiger partial charge in [0.15, 0.2) is 0 Å². The largest absolute Gasteiger partial charge is 0.481 e. The van der Waals surface area contributed by atoms with Gasteiger partial charge < -0.3 is 9.90 Å². The molecule has 0 amide bonds. The lowest BCUT2D eigenvalue weighted by Crippen LogP contribution is -1.93. The average Bonchev–Trinajstić information content (AvgIpc) is 2.20. The van der Waals surface area contributed by atoms with Gasteiger partial charge in [-0.05, 0) is 25.0 Å². The first kappa shape index (κ1) is 13.4. The van der Waals surface area contributed by atoms with Crippen LogP contribution in [0.4, 0.5) is 0 Å². The normalized spacial score (nSPS) is 8.67. The van der Waals surface area contributed by atoms with Crippen molar-refractivity contribution in [2.45, 2.75) is 26.7 Å². The number of carbonyl (C=O) groups is 2. The molecule has 0 atom stereocenters. The molecule has 1 N–H and O–H groups in total. The van der Waals surface area contributed by atoms with Crippen LogP contribution >= 0.6 is 0 Å². The summed E-state index contributed by atoms with van der Waals surface area (Å²) in [5.41, 5.74) is 2.74. The fourth-order valence-electron chi connectivity index (χ4n) is 0.845. The average molecular weight is 208 g/mol. The highest BCUT2D eigenvalue weighted by atomic mass is 16.4. The second kappa shape index (κ2) is 7.74. The Morgan fingerprint density at radius 1 is 1.27 bits per heavy atom. The Morgan fingerprint density at radius 3 is 1.93 bits per heavy atom. The van der Waals surface area contributed by atoms with E-state index in [1.807, 2.05) is 0 Å². The summed E-state index contributed by atoms with van der Waals surface area (Å²) in [5, 5.41) is 7.89. The van der Waals surface area contributed by atoms with Crippen LogP contribution in [0.5, 0.6) is 0 Å². The van der Waals surface area contributed by atoms with Crippen molar-refractivity contribution in [3.8, 4) is 0 Å². The van der Waals surface area contributed by atoms with Gasteiger partial charge in [0.2, 0.25) is 0 Å². The van der Waals surface area contributed by atoms with Crippen LogP contribution < -0.4 is 0 Å². The summed E-state index contributed by atoms with van der Waals surface area (Å²) < 4.78 is 0. The van der Waals surface area contributed by atoms with E-state index in [0.29, 0.717) is 6.29 Å². The molecule has 1 rings (SSSR count). The van der Waals surface area contributed by atoms with Crippen molar-refractivity contribution in [3.63, 3.8) is 0 Å². The highest BCUT2D eigenvalue weighted by Gasteiger charge is 1.91. The molecule has 0 aliphatic rings. The number of aliphatic carboxylic acids is 1. The van der Waals surface area contributed by atoms with Gasteiger partial charge in [-0.2, -0.15) is 0 Å². The summed E-state index contributed by atoms with van der Waals surface area (Å²) in [4.78, 5) is 19.0. The molecule has 3 nitrogen and oxygen atoms in total. The fraction of sp³-hybridized carbons (Fsp3) is 0.333. The molecule has 1 aromatic carbocycles. The number of carboxylic acids is 1. The molecule has 0 saturated carbocycles. The summed E-state index contributed by atoms with van der Waals surface area (Å²) in [6, 6.07) is 8.36. The molecule has 1 aromatic rings. The van der Waals surface area contributed by atoms with Crippen molar-refractivity contribution in [1.29, 1.82) is 0 Å². The van der Waals surface area contributed by atoms with Crippen LogP contribution in [0.25, 0.3) is 0 Å². The van der Waals surface area contributed by atoms with E-state index in [0.717, 1.165) is 0 Å². The zero-order valence-electron chi connectivity index (χ0n) is 9.06. The van der Waals surface area contributed by atoms with Gasteiger partial charge in [-0.1, -0.05) is 24.3 Å². The summed E-state index contributed by atoms with van der Waals surface area (Å²) in [6.07, 6.45) is 0.660. The van der Waals surface area contributed by atoms with Crippen LogP contribution in [0.2, 0.25) is 0 Å². The van der Waals surface area contributed by atoms with Crippen LogP contribution in [0.15, 0.2) is 24.3 Å². The van der Waals surface area contributed by atoms with E-state index in [9.17, 15) is 9.59 Å². The van der Waals surface area contributed by atoms with Gasteiger partial charge in [0.05, 0.1) is 6.42 Å². The number of carboxylic acid groups (broad SMARTS) is 1. The fourth-order valence-corrected chi connectivity index (χ4v) is 0.845. The van der Waals surface area contributed by atoms with Gasteiger partial charge in [0, 0.05) is 6.42 Å². The molecule has 0 heterocycles. The maximum Gasteiger partial charge on any atom is 0.303 e. The van der Waals surface area contributed by atoms with Crippen LogP contribution in [0, 0.1) is 13.8 Å². The molecule has 0 aromatic heterocycles. The van der Waals surface area contributed by atoms with E-state index < -0.39 is 5.97 Å². The molecule has 0 saturated heterocycles. The van der Waals surface area contributed by atoms with Crippen molar-refractivity contribution in [2.75, 3.05) is 0 Å². The second-order valence-corrected chi connectivity index (χ2v) is 3.18. The quantitative estimate of drug-likeness (QED) is 0.776. The van der Waals surface area contributed by atoms with Gasteiger partial charge in [-0.15, -0.1) is 0 Å². The van der Waals surface area contributed by atoms with Crippen molar-refractivity contribution >= 4 is 12.3 Å². The molecule has 82 valence electrons. The lowest BCUT2D eigenvalue weighted by Gasteiger charge is -1.93. The van der Waals surface area contributed by atoms with Crippen molar-refractivity contribution < 1.29 is 14.7 Å². The Hall–Kier alpha value is -1.64. The third-order valence-corrected chi connectivity index (χ3v) is 1.90. The molecule has 0 spiro atoms. The van der Waals surface area contributed by atoms with E-state index in [1.165, 1.54) is 11.1 Å². The summed E-state index contributed by atoms with van der Waals surface area (Å²) in [5.74, 6) is -0.924. The first-order valence-electron chi connectivity index (χ1n) is 4.75. The van der Waals surface area contributed by atoms with Crippen LogP contribution in [0.3, 0.4) is 0 Å². The minimum atomic E-state index is -0.924. The highest BCUT2D eigenvalue weighted by Crippen LogP contribution is 2.02. The van der Waals surface area contributed by atoms with Gasteiger partial charge in [0.1, 0.15) is 6.29 Å². The van der Waals surface area contributed by atoms with Gasteiger partial charge in [-0.3, -0.25) is 4.79 Å². The van der Waals surface area contributed by atoms with Gasteiger partial charge in [0.25, 0.3) is 0 Å². The first-order chi connectivity index (χ1) is 7.07. The molecule has 3 heteroatoms. The van der Waals surface area contributed by atoms with E-state index in [-0.39, 0.29) is 12.8 Å². The smallest absolute Gasteiger partial charge is 0.303 e. The molecule has 0 bridgehead atoms. The standard InChI is InChI=1S/C8H10.C4H6O3/c1-7-5-3-4-6-8(7)2;5-3-1-2-4(6)7/h3-6H,1-2H3;3H,1-2H2,(H,6,7). The number of hydrogen-bond acceptors (Lipinski definition) is 2. The van der Waals surface area contributed by atoms with Crippen LogP contribution in [-0.4, -0.2) is 17.4 Å². The van der Waals surface area contributed by atoms with Crippen LogP contribution in [-0.2, 0) is 9.59 Å². The van der Waals surface area contributed by atoms with Gasteiger partial charge in [-0.25, -0.2) is 0 Å². The minimum Gasteiger partial charge on any atom is -0.481 e. The monoisotopic (exact) mass is 208 g/mol. The number of aldehydes is 1. The molecule has 0 unspecified atom stereocenters. The summed E-state index contributed by atoms with van der Waals surface area (Å²) >= 11 is 0.